The van der Waals surface area contributed by atoms with E-state index in [9.17, 15) is 15.2 Å². The van der Waals surface area contributed by atoms with Crippen molar-refractivity contribution in [2.75, 3.05) is 10.6 Å². The van der Waals surface area contributed by atoms with Crippen molar-refractivity contribution in [2.24, 2.45) is 0 Å². The third kappa shape index (κ3) is 1.99. The molecule has 2 fully saturated rings. The van der Waals surface area contributed by atoms with Gasteiger partial charge in [0, 0.05) is 18.2 Å². The molecule has 0 aromatic carbocycles. The molecule has 2 unspecified atom stereocenters. The summed E-state index contributed by atoms with van der Waals surface area (Å²) in [6.45, 7) is 0. The highest BCUT2D eigenvalue weighted by Gasteiger charge is 2.43. The summed E-state index contributed by atoms with van der Waals surface area (Å²) in [6.07, 6.45) is 2.85. The van der Waals surface area contributed by atoms with Gasteiger partial charge in [-0.15, -0.1) is 0 Å². The molecule has 0 saturated carbocycles. The molecule has 102 valence electrons. The van der Waals surface area contributed by atoms with E-state index in [2.05, 4.69) is 4.98 Å². The van der Waals surface area contributed by atoms with Crippen molar-refractivity contribution in [2.45, 2.75) is 43.9 Å². The van der Waals surface area contributed by atoms with Crippen LogP contribution in [0.2, 0.25) is 0 Å². The molecule has 2 aliphatic heterocycles. The SMILES string of the molecule is Nc1ccc([N+](=O)[O-])c(N2C3CCC2CC(O)C3)n1. The van der Waals surface area contributed by atoms with Gasteiger partial charge in [-0.25, -0.2) is 4.98 Å². The number of aliphatic hydroxyl groups excluding tert-OH is 1. The number of hydrogen-bond acceptors (Lipinski definition) is 6. The first kappa shape index (κ1) is 12.2. The molecule has 7 heteroatoms. The Morgan fingerprint density at radius 1 is 1.37 bits per heavy atom. The molecule has 1 aromatic rings. The van der Waals surface area contributed by atoms with E-state index in [1.165, 1.54) is 12.1 Å². The number of nitro groups is 1. The van der Waals surface area contributed by atoms with Gasteiger partial charge in [-0.2, -0.15) is 0 Å². The van der Waals surface area contributed by atoms with Gasteiger partial charge in [0.05, 0.1) is 11.0 Å². The molecule has 7 nitrogen and oxygen atoms in total. The van der Waals surface area contributed by atoms with Gasteiger partial charge in [-0.3, -0.25) is 10.1 Å². The Morgan fingerprint density at radius 2 is 2.00 bits per heavy atom. The highest BCUT2D eigenvalue weighted by atomic mass is 16.6. The highest BCUT2D eigenvalue weighted by molar-refractivity contribution is 5.63. The summed E-state index contributed by atoms with van der Waals surface area (Å²) in [6, 6.07) is 3.10. The normalized spacial score (nSPS) is 29.5. The van der Waals surface area contributed by atoms with Gasteiger partial charge < -0.3 is 15.7 Å². The van der Waals surface area contributed by atoms with E-state index in [4.69, 9.17) is 5.73 Å². The third-order valence-corrected chi connectivity index (χ3v) is 4.03. The number of nitrogen functional groups attached to an aromatic ring is 1. The number of fused-ring (bicyclic) bond motifs is 2. The Bertz CT molecular complexity index is 508. The summed E-state index contributed by atoms with van der Waals surface area (Å²) in [4.78, 5) is 16.8. The third-order valence-electron chi connectivity index (χ3n) is 4.03. The monoisotopic (exact) mass is 264 g/mol. The Morgan fingerprint density at radius 3 is 2.58 bits per heavy atom. The molecule has 2 saturated heterocycles. The van der Waals surface area contributed by atoms with E-state index < -0.39 is 4.92 Å². The maximum Gasteiger partial charge on any atom is 0.311 e. The molecule has 3 heterocycles. The van der Waals surface area contributed by atoms with Crippen molar-refractivity contribution in [1.29, 1.82) is 0 Å². The zero-order valence-electron chi connectivity index (χ0n) is 10.4. The topological polar surface area (TPSA) is 106 Å². The Hall–Kier alpha value is -1.89. The first-order valence-corrected chi connectivity index (χ1v) is 6.43. The maximum absolute atomic E-state index is 11.1. The van der Waals surface area contributed by atoms with E-state index in [0.717, 1.165) is 12.8 Å². The van der Waals surface area contributed by atoms with E-state index in [0.29, 0.717) is 18.7 Å². The molecule has 3 N–H and O–H groups in total. The second-order valence-corrected chi connectivity index (χ2v) is 5.25. The zero-order valence-corrected chi connectivity index (χ0v) is 10.4. The smallest absolute Gasteiger partial charge is 0.311 e. The van der Waals surface area contributed by atoms with Gasteiger partial charge in [0.15, 0.2) is 0 Å². The minimum Gasteiger partial charge on any atom is -0.393 e. The number of pyridine rings is 1. The lowest BCUT2D eigenvalue weighted by Crippen LogP contribution is -2.45. The van der Waals surface area contributed by atoms with Crippen molar-refractivity contribution in [3.8, 4) is 0 Å². The molecule has 1 aromatic heterocycles. The second-order valence-electron chi connectivity index (χ2n) is 5.25. The van der Waals surface area contributed by atoms with Crippen LogP contribution in [0.25, 0.3) is 0 Å². The van der Waals surface area contributed by atoms with Gasteiger partial charge in [-0.1, -0.05) is 0 Å². The van der Waals surface area contributed by atoms with Crippen LogP contribution in [0.5, 0.6) is 0 Å². The van der Waals surface area contributed by atoms with Crippen LogP contribution in [-0.4, -0.2) is 33.2 Å². The summed E-state index contributed by atoms with van der Waals surface area (Å²) in [5, 5.41) is 20.9. The average molecular weight is 264 g/mol. The highest BCUT2D eigenvalue weighted by Crippen LogP contribution is 2.41. The summed E-state index contributed by atoms with van der Waals surface area (Å²) >= 11 is 0. The maximum atomic E-state index is 11.1. The molecule has 19 heavy (non-hydrogen) atoms. The average Bonchev–Trinajstić information content (AvgIpc) is 2.61. The zero-order chi connectivity index (χ0) is 13.6. The van der Waals surface area contributed by atoms with Gasteiger partial charge in [-0.05, 0) is 31.7 Å². The first-order valence-electron chi connectivity index (χ1n) is 6.43. The number of nitrogens with zero attached hydrogens (tertiary/aromatic N) is 3. The van der Waals surface area contributed by atoms with Crippen LogP contribution in [0, 0.1) is 10.1 Å². The number of piperidine rings is 1. The largest absolute Gasteiger partial charge is 0.393 e. The molecule has 0 radical (unpaired) electrons. The first-order chi connectivity index (χ1) is 9.06. The molecule has 0 aliphatic carbocycles. The quantitative estimate of drug-likeness (QED) is 0.611. The minimum absolute atomic E-state index is 0.0116. The van der Waals surface area contributed by atoms with Crippen LogP contribution in [0.15, 0.2) is 12.1 Å². The number of anilines is 2. The summed E-state index contributed by atoms with van der Waals surface area (Å²) < 4.78 is 0. The second kappa shape index (κ2) is 4.34. The van der Waals surface area contributed by atoms with Crippen LogP contribution in [-0.2, 0) is 0 Å². The molecule has 0 amide bonds. The molecule has 2 aliphatic rings. The van der Waals surface area contributed by atoms with E-state index >= 15 is 0 Å². The number of hydrogen-bond donors (Lipinski definition) is 2. The lowest BCUT2D eigenvalue weighted by molar-refractivity contribution is -0.384. The lowest BCUT2D eigenvalue weighted by atomic mass is 10.00. The standard InChI is InChI=1S/C12H16N4O3/c13-11-4-3-10(16(18)19)12(14-11)15-7-1-2-8(15)6-9(17)5-7/h3-4,7-9,17H,1-2,5-6H2,(H2,13,14). The van der Waals surface area contributed by atoms with Crippen LogP contribution in [0.4, 0.5) is 17.3 Å². The van der Waals surface area contributed by atoms with Gasteiger partial charge in [0.1, 0.15) is 5.82 Å². The van der Waals surface area contributed by atoms with Crippen molar-refractivity contribution >= 4 is 17.3 Å². The predicted molar refractivity (Wildman–Crippen MR) is 69.8 cm³/mol. The van der Waals surface area contributed by atoms with Crippen molar-refractivity contribution in [1.82, 2.24) is 4.98 Å². The summed E-state index contributed by atoms with van der Waals surface area (Å²) in [5.74, 6) is 0.635. The minimum atomic E-state index is -0.424. The van der Waals surface area contributed by atoms with Gasteiger partial charge in [0.25, 0.3) is 0 Å². The Labute approximate surface area is 110 Å². The number of aromatic nitrogens is 1. The molecular weight excluding hydrogens is 248 g/mol. The molecule has 2 atom stereocenters. The molecule has 2 bridgehead atoms. The Balaban J connectivity index is 2.03. The fraction of sp³-hybridized carbons (Fsp3) is 0.583. The van der Waals surface area contributed by atoms with Crippen LogP contribution in [0.1, 0.15) is 25.7 Å². The molecule has 3 rings (SSSR count). The molecule has 0 spiro atoms. The van der Waals surface area contributed by atoms with E-state index in [-0.39, 0.29) is 29.7 Å². The van der Waals surface area contributed by atoms with Crippen molar-refractivity contribution < 1.29 is 10.0 Å². The lowest BCUT2D eigenvalue weighted by Gasteiger charge is -2.37. The van der Waals surface area contributed by atoms with Crippen LogP contribution < -0.4 is 10.6 Å². The fourth-order valence-electron chi connectivity index (χ4n) is 3.28. The summed E-state index contributed by atoms with van der Waals surface area (Å²) in [5.41, 5.74) is 5.65. The number of rotatable bonds is 2. The van der Waals surface area contributed by atoms with Crippen molar-refractivity contribution in [3.63, 3.8) is 0 Å². The van der Waals surface area contributed by atoms with Crippen LogP contribution in [0.3, 0.4) is 0 Å². The Kier molecular flexibility index (Phi) is 2.78. The fourth-order valence-corrected chi connectivity index (χ4v) is 3.28. The number of nitrogens with two attached hydrogens (primary N) is 1. The number of aliphatic hydroxyl groups is 1. The van der Waals surface area contributed by atoms with Gasteiger partial charge in [0.2, 0.25) is 5.82 Å². The van der Waals surface area contributed by atoms with Crippen LogP contribution >= 0.6 is 0 Å². The summed E-state index contributed by atoms with van der Waals surface area (Å²) in [7, 11) is 0. The molecular formula is C12H16N4O3. The van der Waals surface area contributed by atoms with E-state index in [1.54, 1.807) is 0 Å². The van der Waals surface area contributed by atoms with Gasteiger partial charge >= 0.3 is 5.69 Å². The van der Waals surface area contributed by atoms with E-state index in [1.807, 2.05) is 4.90 Å². The van der Waals surface area contributed by atoms with Crippen molar-refractivity contribution in [3.05, 3.63) is 22.2 Å². The predicted octanol–water partition coefficient (Wildman–Crippen LogP) is 1.06.